The van der Waals surface area contributed by atoms with E-state index >= 15 is 0 Å². The minimum Gasteiger partial charge on any atom is -0.314 e. The topological polar surface area (TPSA) is 15.3 Å². The molecule has 0 heterocycles. The SMILES string of the molecule is CCN(CC)CC(C)(C)CNC(C)C. The van der Waals surface area contributed by atoms with Gasteiger partial charge in [0, 0.05) is 19.1 Å². The summed E-state index contributed by atoms with van der Waals surface area (Å²) in [7, 11) is 0. The van der Waals surface area contributed by atoms with E-state index < -0.39 is 0 Å². The largest absolute Gasteiger partial charge is 0.314 e. The fraction of sp³-hybridized carbons (Fsp3) is 1.00. The first-order valence-electron chi connectivity index (χ1n) is 5.87. The van der Waals surface area contributed by atoms with E-state index in [1.807, 2.05) is 0 Å². The van der Waals surface area contributed by atoms with E-state index in [-0.39, 0.29) is 0 Å². The Hall–Kier alpha value is -0.0800. The van der Waals surface area contributed by atoms with Crippen LogP contribution in [-0.2, 0) is 0 Å². The zero-order valence-corrected chi connectivity index (χ0v) is 10.9. The molecule has 0 saturated heterocycles. The van der Waals surface area contributed by atoms with Gasteiger partial charge >= 0.3 is 0 Å². The average Bonchev–Trinajstić information content (AvgIpc) is 2.11. The zero-order valence-electron chi connectivity index (χ0n) is 10.9. The highest BCUT2D eigenvalue weighted by Gasteiger charge is 2.20. The summed E-state index contributed by atoms with van der Waals surface area (Å²) in [6.45, 7) is 18.1. The lowest BCUT2D eigenvalue weighted by Crippen LogP contribution is -2.42. The van der Waals surface area contributed by atoms with Crippen LogP contribution in [0.15, 0.2) is 0 Å². The van der Waals surface area contributed by atoms with Crippen molar-refractivity contribution in [2.24, 2.45) is 5.41 Å². The van der Waals surface area contributed by atoms with E-state index in [1.54, 1.807) is 0 Å². The van der Waals surface area contributed by atoms with E-state index in [2.05, 4.69) is 51.8 Å². The molecule has 0 atom stereocenters. The minimum atomic E-state index is 0.371. The van der Waals surface area contributed by atoms with E-state index in [4.69, 9.17) is 0 Å². The molecular weight excluding hydrogens is 172 g/mol. The Morgan fingerprint density at radius 3 is 2.00 bits per heavy atom. The van der Waals surface area contributed by atoms with Gasteiger partial charge in [0.05, 0.1) is 0 Å². The van der Waals surface area contributed by atoms with Crippen molar-refractivity contribution in [3.63, 3.8) is 0 Å². The minimum absolute atomic E-state index is 0.371. The molecule has 0 spiro atoms. The zero-order chi connectivity index (χ0) is 11.2. The highest BCUT2D eigenvalue weighted by atomic mass is 15.1. The summed E-state index contributed by atoms with van der Waals surface area (Å²) >= 11 is 0. The Balaban J connectivity index is 3.91. The summed E-state index contributed by atoms with van der Waals surface area (Å²) in [6.07, 6.45) is 0. The van der Waals surface area contributed by atoms with Gasteiger partial charge in [0.25, 0.3) is 0 Å². The molecule has 0 aliphatic carbocycles. The van der Waals surface area contributed by atoms with E-state index in [1.165, 1.54) is 6.54 Å². The first-order valence-corrected chi connectivity index (χ1v) is 5.87. The molecule has 0 aromatic heterocycles. The van der Waals surface area contributed by atoms with Gasteiger partial charge in [-0.1, -0.05) is 41.5 Å². The molecule has 0 amide bonds. The predicted octanol–water partition coefficient (Wildman–Crippen LogP) is 2.35. The van der Waals surface area contributed by atoms with Crippen LogP contribution in [0.5, 0.6) is 0 Å². The Kier molecular flexibility index (Phi) is 6.38. The molecule has 1 N–H and O–H groups in total. The van der Waals surface area contributed by atoms with Crippen molar-refractivity contribution in [1.82, 2.24) is 10.2 Å². The molecule has 14 heavy (non-hydrogen) atoms. The Morgan fingerprint density at radius 2 is 1.64 bits per heavy atom. The van der Waals surface area contributed by atoms with Crippen LogP contribution in [0.2, 0.25) is 0 Å². The van der Waals surface area contributed by atoms with Gasteiger partial charge < -0.3 is 10.2 Å². The molecule has 0 aromatic carbocycles. The lowest BCUT2D eigenvalue weighted by atomic mass is 9.92. The number of nitrogens with zero attached hydrogens (tertiary/aromatic N) is 1. The summed E-state index contributed by atoms with van der Waals surface area (Å²) in [5.74, 6) is 0. The molecule has 0 saturated carbocycles. The molecule has 0 aliphatic heterocycles. The molecular formula is C12H28N2. The van der Waals surface area contributed by atoms with Crippen LogP contribution in [0, 0.1) is 5.41 Å². The van der Waals surface area contributed by atoms with Crippen molar-refractivity contribution in [2.75, 3.05) is 26.2 Å². The maximum absolute atomic E-state index is 3.51. The second kappa shape index (κ2) is 6.41. The normalized spacial score (nSPS) is 12.9. The molecule has 2 nitrogen and oxygen atoms in total. The highest BCUT2D eigenvalue weighted by Crippen LogP contribution is 2.15. The second-order valence-corrected chi connectivity index (χ2v) is 5.16. The van der Waals surface area contributed by atoms with E-state index in [9.17, 15) is 0 Å². The van der Waals surface area contributed by atoms with Gasteiger partial charge in [-0.3, -0.25) is 0 Å². The Bertz CT molecular complexity index is 137. The molecule has 0 fully saturated rings. The van der Waals surface area contributed by atoms with Gasteiger partial charge in [0.15, 0.2) is 0 Å². The fourth-order valence-electron chi connectivity index (χ4n) is 1.59. The van der Waals surface area contributed by atoms with Crippen molar-refractivity contribution >= 4 is 0 Å². The summed E-state index contributed by atoms with van der Waals surface area (Å²) in [6, 6.07) is 0.589. The number of nitrogens with one attached hydrogen (secondary N) is 1. The molecule has 0 aromatic rings. The third kappa shape index (κ3) is 6.39. The lowest BCUT2D eigenvalue weighted by Gasteiger charge is -2.32. The second-order valence-electron chi connectivity index (χ2n) is 5.16. The van der Waals surface area contributed by atoms with Crippen LogP contribution in [0.1, 0.15) is 41.5 Å². The van der Waals surface area contributed by atoms with E-state index in [0.717, 1.165) is 19.6 Å². The third-order valence-corrected chi connectivity index (χ3v) is 2.53. The Morgan fingerprint density at radius 1 is 1.14 bits per heavy atom. The van der Waals surface area contributed by atoms with Gasteiger partial charge in [-0.25, -0.2) is 0 Å². The summed E-state index contributed by atoms with van der Waals surface area (Å²) in [5, 5.41) is 3.51. The van der Waals surface area contributed by atoms with Gasteiger partial charge in [-0.2, -0.15) is 0 Å². The molecule has 0 radical (unpaired) electrons. The molecule has 2 heteroatoms. The van der Waals surface area contributed by atoms with Crippen LogP contribution in [0.3, 0.4) is 0 Å². The number of hydrogen-bond acceptors (Lipinski definition) is 2. The monoisotopic (exact) mass is 200 g/mol. The summed E-state index contributed by atoms with van der Waals surface area (Å²) < 4.78 is 0. The molecule has 0 unspecified atom stereocenters. The summed E-state index contributed by atoms with van der Waals surface area (Å²) in [4.78, 5) is 2.49. The van der Waals surface area contributed by atoms with Crippen LogP contribution >= 0.6 is 0 Å². The average molecular weight is 200 g/mol. The number of hydrogen-bond donors (Lipinski definition) is 1. The first-order chi connectivity index (χ1) is 6.41. The maximum Gasteiger partial charge on any atom is 0.00446 e. The maximum atomic E-state index is 3.51. The molecule has 0 rings (SSSR count). The quantitative estimate of drug-likeness (QED) is 0.678. The van der Waals surface area contributed by atoms with Crippen LogP contribution in [0.4, 0.5) is 0 Å². The molecule has 0 aliphatic rings. The van der Waals surface area contributed by atoms with Crippen molar-refractivity contribution < 1.29 is 0 Å². The molecule has 86 valence electrons. The van der Waals surface area contributed by atoms with Crippen LogP contribution in [0.25, 0.3) is 0 Å². The van der Waals surface area contributed by atoms with Gasteiger partial charge in [-0.05, 0) is 18.5 Å². The lowest BCUT2D eigenvalue weighted by molar-refractivity contribution is 0.185. The highest BCUT2D eigenvalue weighted by molar-refractivity contribution is 4.76. The first kappa shape index (κ1) is 13.9. The van der Waals surface area contributed by atoms with E-state index in [0.29, 0.717) is 11.5 Å². The van der Waals surface area contributed by atoms with Crippen molar-refractivity contribution in [3.8, 4) is 0 Å². The Labute approximate surface area is 90.1 Å². The number of rotatable bonds is 7. The smallest absolute Gasteiger partial charge is 0.00446 e. The van der Waals surface area contributed by atoms with Gasteiger partial charge in [0.2, 0.25) is 0 Å². The van der Waals surface area contributed by atoms with Crippen molar-refractivity contribution in [2.45, 2.75) is 47.6 Å². The van der Waals surface area contributed by atoms with Crippen molar-refractivity contribution in [3.05, 3.63) is 0 Å². The van der Waals surface area contributed by atoms with Gasteiger partial charge in [0.1, 0.15) is 0 Å². The van der Waals surface area contributed by atoms with Crippen LogP contribution in [-0.4, -0.2) is 37.1 Å². The van der Waals surface area contributed by atoms with Crippen LogP contribution < -0.4 is 5.32 Å². The summed E-state index contributed by atoms with van der Waals surface area (Å²) in [5.41, 5.74) is 0.371. The molecule has 0 bridgehead atoms. The fourth-order valence-corrected chi connectivity index (χ4v) is 1.59. The standard InChI is InChI=1S/C12H28N2/c1-7-14(8-2)10-12(5,6)9-13-11(3)4/h11,13H,7-10H2,1-6H3. The van der Waals surface area contributed by atoms with Gasteiger partial charge in [-0.15, -0.1) is 0 Å². The third-order valence-electron chi connectivity index (χ3n) is 2.53. The van der Waals surface area contributed by atoms with Crippen molar-refractivity contribution in [1.29, 1.82) is 0 Å². The predicted molar refractivity (Wildman–Crippen MR) is 64.7 cm³/mol.